The summed E-state index contributed by atoms with van der Waals surface area (Å²) in [6, 6.07) is 2.45. The summed E-state index contributed by atoms with van der Waals surface area (Å²) in [5.41, 5.74) is 1.02. The summed E-state index contributed by atoms with van der Waals surface area (Å²) in [7, 11) is 0. The van der Waals surface area contributed by atoms with E-state index in [1.165, 1.54) is 0 Å². The molecule has 6 nitrogen and oxygen atoms in total. The molecule has 0 radical (unpaired) electrons. The summed E-state index contributed by atoms with van der Waals surface area (Å²) in [4.78, 5) is 26.6. The van der Waals surface area contributed by atoms with Crippen molar-refractivity contribution in [3.05, 3.63) is 30.1 Å². The van der Waals surface area contributed by atoms with Crippen LogP contribution in [0.3, 0.4) is 0 Å². The maximum Gasteiger partial charge on any atom is 0.326 e. The predicted molar refractivity (Wildman–Crippen MR) is 78.9 cm³/mol. The number of carboxylic acids is 1. The van der Waals surface area contributed by atoms with Gasteiger partial charge in [-0.05, 0) is 36.5 Å². The lowest BCUT2D eigenvalue weighted by atomic mass is 10.2. The van der Waals surface area contributed by atoms with E-state index in [0.717, 1.165) is 5.56 Å². The molecule has 0 aliphatic heterocycles. The average molecular weight is 297 g/mol. The molecule has 3 N–H and O–H groups in total. The van der Waals surface area contributed by atoms with E-state index < -0.39 is 18.0 Å². The van der Waals surface area contributed by atoms with Crippen molar-refractivity contribution in [3.8, 4) is 0 Å². The van der Waals surface area contributed by atoms with E-state index in [1.807, 2.05) is 18.4 Å². The Kier molecular flexibility index (Phi) is 7.49. The van der Waals surface area contributed by atoms with Crippen LogP contribution in [-0.2, 0) is 11.2 Å². The smallest absolute Gasteiger partial charge is 0.326 e. The molecule has 7 heteroatoms. The third-order valence-corrected chi connectivity index (χ3v) is 3.28. The normalized spacial score (nSPS) is 11.7. The van der Waals surface area contributed by atoms with Gasteiger partial charge in [0.1, 0.15) is 6.04 Å². The van der Waals surface area contributed by atoms with Crippen molar-refractivity contribution < 1.29 is 14.7 Å². The molecular weight excluding hydrogens is 278 g/mol. The number of urea groups is 1. The number of hydrogen-bond donors (Lipinski definition) is 3. The zero-order valence-corrected chi connectivity index (χ0v) is 12.2. The molecular formula is C13H19N3O3S. The number of aliphatic carboxylic acids is 1. The Labute approximate surface area is 122 Å². The number of aromatic nitrogens is 1. The second kappa shape index (κ2) is 9.19. The van der Waals surface area contributed by atoms with Gasteiger partial charge in [0.25, 0.3) is 0 Å². The first kappa shape index (κ1) is 16.3. The van der Waals surface area contributed by atoms with Gasteiger partial charge in [0.2, 0.25) is 0 Å². The van der Waals surface area contributed by atoms with E-state index in [-0.39, 0.29) is 0 Å². The number of thioether (sulfide) groups is 1. The second-order valence-corrected chi connectivity index (χ2v) is 5.17. The molecule has 0 saturated carbocycles. The third-order valence-electron chi connectivity index (χ3n) is 2.64. The lowest BCUT2D eigenvalue weighted by Gasteiger charge is -2.14. The van der Waals surface area contributed by atoms with Crippen molar-refractivity contribution in [2.45, 2.75) is 18.9 Å². The molecule has 0 saturated heterocycles. The summed E-state index contributed by atoms with van der Waals surface area (Å²) < 4.78 is 0. The van der Waals surface area contributed by atoms with Gasteiger partial charge in [0.15, 0.2) is 0 Å². The van der Waals surface area contributed by atoms with Gasteiger partial charge in [-0.25, -0.2) is 9.59 Å². The van der Waals surface area contributed by atoms with E-state index >= 15 is 0 Å². The number of pyridine rings is 1. The highest BCUT2D eigenvalue weighted by molar-refractivity contribution is 7.98. The number of carboxylic acid groups (broad SMARTS) is 1. The number of nitrogens with one attached hydrogen (secondary N) is 2. The van der Waals surface area contributed by atoms with Crippen molar-refractivity contribution >= 4 is 23.8 Å². The first-order valence-corrected chi connectivity index (χ1v) is 7.68. The van der Waals surface area contributed by atoms with Crippen LogP contribution in [0.25, 0.3) is 0 Å². The Morgan fingerprint density at radius 1 is 1.50 bits per heavy atom. The monoisotopic (exact) mass is 297 g/mol. The van der Waals surface area contributed by atoms with Gasteiger partial charge in [-0.15, -0.1) is 0 Å². The lowest BCUT2D eigenvalue weighted by Crippen LogP contribution is -2.46. The summed E-state index contributed by atoms with van der Waals surface area (Å²) in [6.07, 6.45) is 6.38. The highest BCUT2D eigenvalue weighted by Crippen LogP contribution is 2.01. The molecule has 110 valence electrons. The quantitative estimate of drug-likeness (QED) is 0.669. The standard InChI is InChI=1S/C13H19N3O3S/c1-20-8-5-11(12(17)18)16-13(19)15-7-4-10-3-2-6-14-9-10/h2-3,6,9,11H,4-5,7-8H2,1H3,(H,17,18)(H2,15,16,19)/t11-/m0/s1. The molecule has 0 aliphatic rings. The number of hydrogen-bond acceptors (Lipinski definition) is 4. The molecule has 2 amide bonds. The number of rotatable bonds is 8. The fourth-order valence-corrected chi connectivity index (χ4v) is 2.04. The van der Waals surface area contributed by atoms with Gasteiger partial charge >= 0.3 is 12.0 Å². The average Bonchev–Trinajstić information content (AvgIpc) is 2.44. The van der Waals surface area contributed by atoms with Crippen molar-refractivity contribution in [2.24, 2.45) is 0 Å². The van der Waals surface area contributed by atoms with E-state index in [9.17, 15) is 9.59 Å². The Hall–Kier alpha value is -1.76. The van der Waals surface area contributed by atoms with Crippen LogP contribution >= 0.6 is 11.8 Å². The van der Waals surface area contributed by atoms with E-state index in [2.05, 4.69) is 15.6 Å². The molecule has 0 aromatic carbocycles. The molecule has 0 aliphatic carbocycles. The number of nitrogens with zero attached hydrogens (tertiary/aromatic N) is 1. The second-order valence-electron chi connectivity index (χ2n) is 4.18. The van der Waals surface area contributed by atoms with Crippen LogP contribution in [0.15, 0.2) is 24.5 Å². The van der Waals surface area contributed by atoms with E-state index in [1.54, 1.807) is 24.2 Å². The third kappa shape index (κ3) is 6.42. The van der Waals surface area contributed by atoms with Crippen LogP contribution in [0, 0.1) is 0 Å². The SMILES string of the molecule is CSCC[C@H](NC(=O)NCCc1cccnc1)C(=O)O. The lowest BCUT2D eigenvalue weighted by molar-refractivity contribution is -0.139. The first-order chi connectivity index (χ1) is 9.63. The maximum atomic E-state index is 11.6. The number of carbonyl (C=O) groups excluding carboxylic acids is 1. The van der Waals surface area contributed by atoms with Crippen molar-refractivity contribution in [3.63, 3.8) is 0 Å². The van der Waals surface area contributed by atoms with Crippen molar-refractivity contribution in [1.29, 1.82) is 0 Å². The van der Waals surface area contributed by atoms with Gasteiger partial charge in [-0.2, -0.15) is 11.8 Å². The molecule has 20 heavy (non-hydrogen) atoms. The molecule has 0 unspecified atom stereocenters. The van der Waals surface area contributed by atoms with Crippen LogP contribution in [0.2, 0.25) is 0 Å². The molecule has 0 bridgehead atoms. The topological polar surface area (TPSA) is 91.3 Å². The Morgan fingerprint density at radius 2 is 2.30 bits per heavy atom. The van der Waals surface area contributed by atoms with Gasteiger partial charge in [-0.1, -0.05) is 6.07 Å². The fraction of sp³-hybridized carbons (Fsp3) is 0.462. The summed E-state index contributed by atoms with van der Waals surface area (Å²) in [6.45, 7) is 0.437. The van der Waals surface area contributed by atoms with Crippen LogP contribution in [0.4, 0.5) is 4.79 Å². The van der Waals surface area contributed by atoms with Crippen molar-refractivity contribution in [2.75, 3.05) is 18.6 Å². The zero-order valence-electron chi connectivity index (χ0n) is 11.3. The fourth-order valence-electron chi connectivity index (χ4n) is 1.57. The minimum Gasteiger partial charge on any atom is -0.480 e. The minimum atomic E-state index is -1.01. The van der Waals surface area contributed by atoms with Gasteiger partial charge < -0.3 is 15.7 Å². The summed E-state index contributed by atoms with van der Waals surface area (Å²) in [5.74, 6) is -0.325. The largest absolute Gasteiger partial charge is 0.480 e. The van der Waals surface area contributed by atoms with Crippen LogP contribution in [-0.4, -0.2) is 46.7 Å². The highest BCUT2D eigenvalue weighted by atomic mass is 32.2. The van der Waals surface area contributed by atoms with Crippen LogP contribution in [0.1, 0.15) is 12.0 Å². The van der Waals surface area contributed by atoms with Gasteiger partial charge in [0.05, 0.1) is 0 Å². The van der Waals surface area contributed by atoms with E-state index in [4.69, 9.17) is 5.11 Å². The molecule has 1 aromatic rings. The molecule has 1 heterocycles. The van der Waals surface area contributed by atoms with Crippen molar-refractivity contribution in [1.82, 2.24) is 15.6 Å². The van der Waals surface area contributed by atoms with Gasteiger partial charge in [0, 0.05) is 18.9 Å². The zero-order chi connectivity index (χ0) is 14.8. The molecule has 1 atom stereocenters. The van der Waals surface area contributed by atoms with Crippen LogP contribution < -0.4 is 10.6 Å². The maximum absolute atomic E-state index is 11.6. The molecule has 0 fully saturated rings. The first-order valence-electron chi connectivity index (χ1n) is 6.28. The van der Waals surface area contributed by atoms with Crippen LogP contribution in [0.5, 0.6) is 0 Å². The summed E-state index contributed by atoms with van der Waals surface area (Å²) in [5, 5.41) is 14.1. The number of amides is 2. The summed E-state index contributed by atoms with van der Waals surface area (Å²) >= 11 is 1.55. The number of carbonyl (C=O) groups is 2. The Morgan fingerprint density at radius 3 is 2.90 bits per heavy atom. The Bertz CT molecular complexity index is 428. The predicted octanol–water partition coefficient (Wildman–Crippen LogP) is 1.13. The van der Waals surface area contributed by atoms with E-state index in [0.29, 0.717) is 25.1 Å². The molecule has 0 spiro atoms. The minimum absolute atomic E-state index is 0.409. The highest BCUT2D eigenvalue weighted by Gasteiger charge is 2.18. The van der Waals surface area contributed by atoms with Gasteiger partial charge in [-0.3, -0.25) is 4.98 Å². The molecule has 1 aromatic heterocycles. The Balaban J connectivity index is 2.29. The molecule has 1 rings (SSSR count).